The molecule has 0 heterocycles. The van der Waals surface area contributed by atoms with Crippen molar-refractivity contribution in [3.8, 4) is 0 Å². The van der Waals surface area contributed by atoms with E-state index in [1.54, 1.807) is 0 Å². The van der Waals surface area contributed by atoms with Crippen LogP contribution in [-0.2, 0) is 9.59 Å². The van der Waals surface area contributed by atoms with Crippen molar-refractivity contribution >= 4 is 17.9 Å². The molecule has 0 aliphatic carbocycles. The lowest BCUT2D eigenvalue weighted by Crippen LogP contribution is -2.51. The van der Waals surface area contributed by atoms with Gasteiger partial charge >= 0.3 is 12.0 Å². The van der Waals surface area contributed by atoms with E-state index in [0.717, 1.165) is 0 Å². The standard InChI is InChI=1S/C11H21N3O4/c1-6(2)5-12-9(15)7(3)13-11(18)14-8(4)10(16)17/h6-8H,5H2,1-4H3,(H,12,15)(H,16,17)(H2,13,14,18)/t7?,8-/m0/s1. The Hall–Kier alpha value is -1.79. The average Bonchev–Trinajstić information content (AvgIpc) is 2.24. The molecule has 104 valence electrons. The smallest absolute Gasteiger partial charge is 0.325 e. The van der Waals surface area contributed by atoms with Gasteiger partial charge in [-0.2, -0.15) is 0 Å². The van der Waals surface area contributed by atoms with Crippen LogP contribution in [0, 0.1) is 5.92 Å². The van der Waals surface area contributed by atoms with Gasteiger partial charge in [-0.25, -0.2) is 4.79 Å². The van der Waals surface area contributed by atoms with Crippen molar-refractivity contribution in [2.24, 2.45) is 5.92 Å². The van der Waals surface area contributed by atoms with Crippen LogP contribution in [0.1, 0.15) is 27.7 Å². The van der Waals surface area contributed by atoms with E-state index in [2.05, 4.69) is 16.0 Å². The predicted molar refractivity (Wildman–Crippen MR) is 66.1 cm³/mol. The molecule has 0 rings (SSSR count). The number of carboxylic acids is 1. The minimum absolute atomic E-state index is 0.304. The number of hydrogen-bond acceptors (Lipinski definition) is 3. The molecule has 0 radical (unpaired) electrons. The minimum atomic E-state index is -1.14. The number of carbonyl (C=O) groups is 3. The highest BCUT2D eigenvalue weighted by molar-refractivity contribution is 5.88. The molecule has 0 aromatic heterocycles. The van der Waals surface area contributed by atoms with E-state index in [0.29, 0.717) is 12.5 Å². The fourth-order valence-electron chi connectivity index (χ4n) is 1.02. The molecule has 0 aromatic carbocycles. The first kappa shape index (κ1) is 16.2. The van der Waals surface area contributed by atoms with Crippen molar-refractivity contribution < 1.29 is 19.5 Å². The van der Waals surface area contributed by atoms with E-state index in [-0.39, 0.29) is 5.91 Å². The van der Waals surface area contributed by atoms with Gasteiger partial charge in [0.1, 0.15) is 12.1 Å². The third-order valence-electron chi connectivity index (χ3n) is 2.14. The zero-order chi connectivity index (χ0) is 14.3. The van der Waals surface area contributed by atoms with Gasteiger partial charge in [-0.1, -0.05) is 13.8 Å². The van der Waals surface area contributed by atoms with Crippen molar-refractivity contribution in [2.45, 2.75) is 39.8 Å². The second-order valence-corrected chi connectivity index (χ2v) is 4.54. The Morgan fingerprint density at radius 2 is 1.50 bits per heavy atom. The molecule has 0 bridgehead atoms. The SMILES string of the molecule is CC(C)CNC(=O)C(C)NC(=O)N[C@@H](C)C(=O)O. The topological polar surface area (TPSA) is 108 Å². The zero-order valence-electron chi connectivity index (χ0n) is 11.1. The van der Waals surface area contributed by atoms with Crippen molar-refractivity contribution in [1.82, 2.24) is 16.0 Å². The van der Waals surface area contributed by atoms with Crippen molar-refractivity contribution in [1.29, 1.82) is 0 Å². The van der Waals surface area contributed by atoms with Crippen LogP contribution >= 0.6 is 0 Å². The Kier molecular flexibility index (Phi) is 6.77. The van der Waals surface area contributed by atoms with Crippen molar-refractivity contribution in [3.05, 3.63) is 0 Å². The number of hydrogen-bond donors (Lipinski definition) is 4. The van der Waals surface area contributed by atoms with Crippen LogP contribution in [0.3, 0.4) is 0 Å². The monoisotopic (exact) mass is 259 g/mol. The second-order valence-electron chi connectivity index (χ2n) is 4.54. The first-order valence-corrected chi connectivity index (χ1v) is 5.81. The maximum absolute atomic E-state index is 11.5. The van der Waals surface area contributed by atoms with Crippen LogP contribution in [0.2, 0.25) is 0 Å². The van der Waals surface area contributed by atoms with E-state index in [1.807, 2.05) is 13.8 Å². The Morgan fingerprint density at radius 3 is 1.94 bits per heavy atom. The highest BCUT2D eigenvalue weighted by atomic mass is 16.4. The normalized spacial score (nSPS) is 13.6. The number of nitrogens with one attached hydrogen (secondary N) is 3. The summed E-state index contributed by atoms with van der Waals surface area (Å²) in [5.74, 6) is -1.12. The molecule has 18 heavy (non-hydrogen) atoms. The summed E-state index contributed by atoms with van der Waals surface area (Å²) >= 11 is 0. The van der Waals surface area contributed by atoms with Crippen LogP contribution < -0.4 is 16.0 Å². The van der Waals surface area contributed by atoms with Crippen molar-refractivity contribution in [2.75, 3.05) is 6.54 Å². The van der Waals surface area contributed by atoms with E-state index in [9.17, 15) is 14.4 Å². The molecular weight excluding hydrogens is 238 g/mol. The number of urea groups is 1. The van der Waals surface area contributed by atoms with Gasteiger partial charge in [0.05, 0.1) is 0 Å². The molecule has 0 saturated heterocycles. The summed E-state index contributed by atoms with van der Waals surface area (Å²) in [6.45, 7) is 7.31. The van der Waals surface area contributed by atoms with Gasteiger partial charge in [0.25, 0.3) is 0 Å². The molecule has 7 heteroatoms. The third-order valence-corrected chi connectivity index (χ3v) is 2.14. The molecule has 3 amide bonds. The van der Waals surface area contributed by atoms with Crippen molar-refractivity contribution in [3.63, 3.8) is 0 Å². The predicted octanol–water partition coefficient (Wildman–Crippen LogP) is -0.0806. The Morgan fingerprint density at radius 1 is 1.00 bits per heavy atom. The number of aliphatic carboxylic acids is 1. The average molecular weight is 259 g/mol. The number of amides is 3. The quantitative estimate of drug-likeness (QED) is 0.535. The molecule has 0 aliphatic heterocycles. The zero-order valence-corrected chi connectivity index (χ0v) is 11.1. The fraction of sp³-hybridized carbons (Fsp3) is 0.727. The molecule has 1 unspecified atom stereocenters. The molecule has 7 nitrogen and oxygen atoms in total. The first-order valence-electron chi connectivity index (χ1n) is 5.81. The van der Waals surface area contributed by atoms with E-state index in [1.165, 1.54) is 13.8 Å². The lowest BCUT2D eigenvalue weighted by Gasteiger charge is -2.16. The van der Waals surface area contributed by atoms with Crippen LogP contribution in [0.4, 0.5) is 4.79 Å². The number of carboxylic acid groups (broad SMARTS) is 1. The van der Waals surface area contributed by atoms with Crippen LogP contribution in [0.25, 0.3) is 0 Å². The Balaban J connectivity index is 4.07. The lowest BCUT2D eigenvalue weighted by atomic mass is 10.2. The summed E-state index contributed by atoms with van der Waals surface area (Å²) in [4.78, 5) is 33.4. The van der Waals surface area contributed by atoms with Crippen LogP contribution in [0.5, 0.6) is 0 Å². The summed E-state index contributed by atoms with van der Waals surface area (Å²) in [5, 5.41) is 15.8. The van der Waals surface area contributed by atoms with Gasteiger partial charge < -0.3 is 21.1 Å². The highest BCUT2D eigenvalue weighted by Gasteiger charge is 2.18. The Labute approximate surface area is 106 Å². The summed E-state index contributed by atoms with van der Waals surface area (Å²) in [5.41, 5.74) is 0. The summed E-state index contributed by atoms with van der Waals surface area (Å²) < 4.78 is 0. The largest absolute Gasteiger partial charge is 0.480 e. The second kappa shape index (κ2) is 7.52. The third kappa shape index (κ3) is 6.72. The molecule has 0 fully saturated rings. The van der Waals surface area contributed by atoms with Gasteiger partial charge in [0, 0.05) is 6.54 Å². The number of carbonyl (C=O) groups excluding carboxylic acids is 2. The lowest BCUT2D eigenvalue weighted by molar-refractivity contribution is -0.138. The van der Waals surface area contributed by atoms with E-state index >= 15 is 0 Å². The highest BCUT2D eigenvalue weighted by Crippen LogP contribution is 1.89. The van der Waals surface area contributed by atoms with Gasteiger partial charge in [0.15, 0.2) is 0 Å². The number of rotatable bonds is 6. The Bertz CT molecular complexity index is 317. The van der Waals surface area contributed by atoms with Crippen LogP contribution in [-0.4, -0.2) is 41.6 Å². The molecule has 0 saturated carbocycles. The molecule has 0 spiro atoms. The van der Waals surface area contributed by atoms with Gasteiger partial charge in [0.2, 0.25) is 5.91 Å². The van der Waals surface area contributed by atoms with Crippen LogP contribution in [0.15, 0.2) is 0 Å². The first-order chi connectivity index (χ1) is 8.23. The minimum Gasteiger partial charge on any atom is -0.480 e. The molecule has 0 aromatic rings. The maximum Gasteiger partial charge on any atom is 0.325 e. The summed E-state index contributed by atoms with van der Waals surface area (Å²) in [6, 6.07) is -2.40. The summed E-state index contributed by atoms with van der Waals surface area (Å²) in [6.07, 6.45) is 0. The van der Waals surface area contributed by atoms with E-state index < -0.39 is 24.1 Å². The molecule has 0 aliphatic rings. The van der Waals surface area contributed by atoms with Gasteiger partial charge in [-0.3, -0.25) is 9.59 Å². The maximum atomic E-state index is 11.5. The molecule has 2 atom stereocenters. The molecule has 4 N–H and O–H groups in total. The van der Waals surface area contributed by atoms with Gasteiger partial charge in [-0.05, 0) is 19.8 Å². The molecular formula is C11H21N3O4. The fourth-order valence-corrected chi connectivity index (χ4v) is 1.02. The summed E-state index contributed by atoms with van der Waals surface area (Å²) in [7, 11) is 0. The van der Waals surface area contributed by atoms with Gasteiger partial charge in [-0.15, -0.1) is 0 Å². The van der Waals surface area contributed by atoms with E-state index in [4.69, 9.17) is 5.11 Å².